The average Bonchev–Trinajstić information content (AvgIpc) is 3.11. The molecule has 3 rings (SSSR count). The van der Waals surface area contributed by atoms with Crippen LogP contribution in [0.4, 0.5) is 4.39 Å². The van der Waals surface area contributed by atoms with Crippen LogP contribution in [0.2, 0.25) is 0 Å². The van der Waals surface area contributed by atoms with E-state index in [2.05, 4.69) is 31.4 Å². The highest BCUT2D eigenvalue weighted by Gasteiger charge is 2.10. The van der Waals surface area contributed by atoms with Gasteiger partial charge in [-0.25, -0.2) is 4.39 Å². The molecule has 2 aromatic carbocycles. The van der Waals surface area contributed by atoms with Crippen LogP contribution < -0.4 is 5.32 Å². The van der Waals surface area contributed by atoms with Gasteiger partial charge in [-0.1, -0.05) is 45.4 Å². The third-order valence-electron chi connectivity index (χ3n) is 3.40. The van der Waals surface area contributed by atoms with Crippen molar-refractivity contribution in [3.8, 4) is 11.4 Å². The molecule has 1 N–H and O–H groups in total. The number of aromatic nitrogens is 2. The number of rotatable bonds is 7. The molecule has 26 heavy (non-hydrogen) atoms. The van der Waals surface area contributed by atoms with E-state index < -0.39 is 0 Å². The zero-order chi connectivity index (χ0) is 18.4. The molecule has 1 aromatic heterocycles. The Labute approximate surface area is 162 Å². The first-order chi connectivity index (χ1) is 12.6. The van der Waals surface area contributed by atoms with E-state index in [0.29, 0.717) is 23.2 Å². The van der Waals surface area contributed by atoms with Gasteiger partial charge < -0.3 is 9.84 Å². The number of carbonyl (C=O) groups excluding carboxylic acids is 1. The number of thioether (sulfide) groups is 1. The Hall–Kier alpha value is -2.19. The van der Waals surface area contributed by atoms with Crippen molar-refractivity contribution < 1.29 is 13.7 Å². The molecule has 0 bridgehead atoms. The number of amides is 1. The number of hydrogen-bond acceptors (Lipinski definition) is 5. The molecular weight excluding hydrogens is 421 g/mol. The fourth-order valence-electron chi connectivity index (χ4n) is 2.14. The van der Waals surface area contributed by atoms with Crippen molar-refractivity contribution in [1.29, 1.82) is 0 Å². The first kappa shape index (κ1) is 18.6. The van der Waals surface area contributed by atoms with Gasteiger partial charge in [0.1, 0.15) is 5.82 Å². The lowest BCUT2D eigenvalue weighted by Crippen LogP contribution is -2.24. The maximum Gasteiger partial charge on any atom is 0.246 e. The summed E-state index contributed by atoms with van der Waals surface area (Å²) in [6.07, 6.45) is 0. The van der Waals surface area contributed by atoms with Crippen LogP contribution in [0, 0.1) is 5.82 Å². The monoisotopic (exact) mass is 435 g/mol. The molecule has 0 aliphatic carbocycles. The largest absolute Gasteiger partial charge is 0.346 e. The molecule has 0 spiro atoms. The Bertz CT molecular complexity index is 886. The molecule has 1 amide bonds. The Morgan fingerprint density at radius 2 is 2.04 bits per heavy atom. The quantitative estimate of drug-likeness (QED) is 0.602. The molecule has 0 radical (unpaired) electrons. The van der Waals surface area contributed by atoms with Crippen molar-refractivity contribution in [2.75, 3.05) is 5.75 Å². The summed E-state index contributed by atoms with van der Waals surface area (Å²) in [6.45, 7) is 0.178. The summed E-state index contributed by atoms with van der Waals surface area (Å²) >= 11 is 4.85. The maximum atomic E-state index is 12.8. The van der Waals surface area contributed by atoms with Crippen LogP contribution in [0.3, 0.4) is 0 Å². The first-order valence-corrected chi connectivity index (χ1v) is 9.72. The highest BCUT2D eigenvalue weighted by Crippen LogP contribution is 2.20. The summed E-state index contributed by atoms with van der Waals surface area (Å²) in [7, 11) is 0. The van der Waals surface area contributed by atoms with E-state index in [1.54, 1.807) is 12.1 Å². The van der Waals surface area contributed by atoms with Crippen LogP contribution in [0.5, 0.6) is 0 Å². The second-order valence-electron chi connectivity index (χ2n) is 5.42. The van der Waals surface area contributed by atoms with Gasteiger partial charge in [0.05, 0.1) is 12.3 Å². The predicted octanol–water partition coefficient (Wildman–Crippen LogP) is 4.19. The van der Waals surface area contributed by atoms with Crippen LogP contribution >= 0.6 is 27.7 Å². The Morgan fingerprint density at radius 1 is 1.23 bits per heavy atom. The highest BCUT2D eigenvalue weighted by atomic mass is 79.9. The summed E-state index contributed by atoms with van der Waals surface area (Å²) in [4.78, 5) is 16.2. The van der Waals surface area contributed by atoms with Crippen LogP contribution in [0.15, 0.2) is 57.5 Å². The van der Waals surface area contributed by atoms with Crippen LogP contribution in [0.1, 0.15) is 11.5 Å². The van der Waals surface area contributed by atoms with Crippen molar-refractivity contribution in [2.24, 2.45) is 0 Å². The fourth-order valence-corrected chi connectivity index (χ4v) is 3.36. The van der Waals surface area contributed by atoms with Crippen LogP contribution in [0.25, 0.3) is 11.4 Å². The van der Waals surface area contributed by atoms with Crippen molar-refractivity contribution >= 4 is 33.6 Å². The van der Waals surface area contributed by atoms with E-state index in [9.17, 15) is 9.18 Å². The Balaban J connectivity index is 1.44. The Morgan fingerprint density at radius 3 is 2.81 bits per heavy atom. The number of benzene rings is 2. The zero-order valence-corrected chi connectivity index (χ0v) is 16.0. The van der Waals surface area contributed by atoms with Gasteiger partial charge in [0.2, 0.25) is 17.6 Å². The van der Waals surface area contributed by atoms with Gasteiger partial charge in [-0.2, -0.15) is 4.98 Å². The van der Waals surface area contributed by atoms with Crippen LogP contribution in [-0.4, -0.2) is 21.8 Å². The van der Waals surface area contributed by atoms with Crippen molar-refractivity contribution in [1.82, 2.24) is 15.5 Å². The molecule has 0 unspecified atom stereocenters. The van der Waals surface area contributed by atoms with Crippen LogP contribution in [-0.2, 0) is 17.1 Å². The van der Waals surface area contributed by atoms with Gasteiger partial charge in [0, 0.05) is 15.8 Å². The second kappa shape index (κ2) is 8.95. The van der Waals surface area contributed by atoms with Gasteiger partial charge in [-0.3, -0.25) is 4.79 Å². The zero-order valence-electron chi connectivity index (χ0n) is 13.6. The smallest absolute Gasteiger partial charge is 0.246 e. The number of nitrogens with one attached hydrogen (secondary N) is 1. The van der Waals surface area contributed by atoms with E-state index in [4.69, 9.17) is 4.52 Å². The van der Waals surface area contributed by atoms with Gasteiger partial charge in [0.15, 0.2) is 0 Å². The number of halogens is 2. The third kappa shape index (κ3) is 5.40. The van der Waals surface area contributed by atoms with Gasteiger partial charge >= 0.3 is 0 Å². The summed E-state index contributed by atoms with van der Waals surface area (Å²) in [5, 5.41) is 6.67. The lowest BCUT2D eigenvalue weighted by atomic mass is 10.2. The number of carbonyl (C=O) groups is 1. The average molecular weight is 436 g/mol. The molecule has 8 heteroatoms. The normalized spacial score (nSPS) is 10.7. The fraction of sp³-hybridized carbons (Fsp3) is 0.167. The molecule has 0 fully saturated rings. The minimum atomic E-state index is -0.265. The first-order valence-electron chi connectivity index (χ1n) is 7.77. The molecule has 0 aliphatic rings. The second-order valence-corrected chi connectivity index (χ2v) is 7.32. The van der Waals surface area contributed by atoms with E-state index in [0.717, 1.165) is 15.6 Å². The maximum absolute atomic E-state index is 12.8. The molecular formula is C18H15BrFN3O2S. The molecule has 0 atom stereocenters. The van der Waals surface area contributed by atoms with Crippen molar-refractivity contribution in [2.45, 2.75) is 12.3 Å². The minimum Gasteiger partial charge on any atom is -0.346 e. The SMILES string of the molecule is O=C(CSCc1ccc(F)cc1)NCc1nc(-c2cccc(Br)c2)no1. The van der Waals surface area contributed by atoms with E-state index in [1.807, 2.05) is 24.3 Å². The minimum absolute atomic E-state index is 0.126. The van der Waals surface area contributed by atoms with Crippen molar-refractivity contribution in [3.05, 3.63) is 70.3 Å². The number of hydrogen-bond donors (Lipinski definition) is 1. The van der Waals surface area contributed by atoms with Crippen molar-refractivity contribution in [3.63, 3.8) is 0 Å². The lowest BCUT2D eigenvalue weighted by Gasteiger charge is -2.03. The van der Waals surface area contributed by atoms with E-state index >= 15 is 0 Å². The van der Waals surface area contributed by atoms with E-state index in [1.165, 1.54) is 23.9 Å². The summed E-state index contributed by atoms with van der Waals surface area (Å²) in [5.74, 6) is 1.36. The topological polar surface area (TPSA) is 68.0 Å². The third-order valence-corrected chi connectivity index (χ3v) is 4.90. The standard InChI is InChI=1S/C18H15BrFN3O2S/c19-14-3-1-2-13(8-14)18-22-17(25-23-18)9-21-16(24)11-26-10-12-4-6-15(20)7-5-12/h1-8H,9-11H2,(H,21,24). The molecule has 0 saturated carbocycles. The van der Waals surface area contributed by atoms with E-state index in [-0.39, 0.29) is 18.3 Å². The lowest BCUT2D eigenvalue weighted by molar-refractivity contribution is -0.118. The van der Waals surface area contributed by atoms with Gasteiger partial charge in [0.25, 0.3) is 0 Å². The molecule has 1 heterocycles. The molecule has 3 aromatic rings. The molecule has 134 valence electrons. The summed E-state index contributed by atoms with van der Waals surface area (Å²) < 4.78 is 18.9. The number of nitrogens with zero attached hydrogens (tertiary/aromatic N) is 2. The molecule has 0 aliphatic heterocycles. The molecule has 0 saturated heterocycles. The highest BCUT2D eigenvalue weighted by molar-refractivity contribution is 9.10. The summed E-state index contributed by atoms with van der Waals surface area (Å²) in [5.41, 5.74) is 1.80. The molecule has 5 nitrogen and oxygen atoms in total. The Kier molecular flexibility index (Phi) is 6.40. The predicted molar refractivity (Wildman–Crippen MR) is 102 cm³/mol. The van der Waals surface area contributed by atoms with Gasteiger partial charge in [-0.15, -0.1) is 11.8 Å². The summed E-state index contributed by atoms with van der Waals surface area (Å²) in [6, 6.07) is 13.8. The van der Waals surface area contributed by atoms with Gasteiger partial charge in [-0.05, 0) is 29.8 Å².